The van der Waals surface area contributed by atoms with E-state index in [1.165, 1.54) is 6.26 Å². The molecule has 0 spiro atoms. The summed E-state index contributed by atoms with van der Waals surface area (Å²) in [6.07, 6.45) is 2.21. The lowest BCUT2D eigenvalue weighted by Gasteiger charge is -2.23. The summed E-state index contributed by atoms with van der Waals surface area (Å²) in [6, 6.07) is 2.17. The number of rotatable bonds is 2. The Labute approximate surface area is 102 Å². The third kappa shape index (κ3) is 2.69. The van der Waals surface area contributed by atoms with Crippen LogP contribution in [0.5, 0.6) is 0 Å². The Morgan fingerprint density at radius 1 is 1.35 bits per heavy atom. The molecule has 96 valence electrons. The molecule has 0 amide bonds. The summed E-state index contributed by atoms with van der Waals surface area (Å²) < 4.78 is 24.8. The minimum absolute atomic E-state index is 0.193. The number of nitrogens with zero attached hydrogens (tertiary/aromatic N) is 3. The molecular formula is C11H19N3O2S. The summed E-state index contributed by atoms with van der Waals surface area (Å²) in [5, 5.41) is 4.37. The van der Waals surface area contributed by atoms with Gasteiger partial charge in [-0.1, -0.05) is 0 Å². The average molecular weight is 257 g/mol. The van der Waals surface area contributed by atoms with Crippen LogP contribution >= 0.6 is 0 Å². The highest BCUT2D eigenvalue weighted by Gasteiger charge is 2.21. The van der Waals surface area contributed by atoms with Gasteiger partial charge in [-0.2, -0.15) is 5.10 Å². The lowest BCUT2D eigenvalue weighted by molar-refractivity contribution is 0.216. The highest BCUT2D eigenvalue weighted by molar-refractivity contribution is 7.90. The van der Waals surface area contributed by atoms with E-state index in [1.807, 2.05) is 4.68 Å². The van der Waals surface area contributed by atoms with E-state index in [-0.39, 0.29) is 5.03 Å². The van der Waals surface area contributed by atoms with E-state index < -0.39 is 9.84 Å². The minimum Gasteiger partial charge on any atom is -0.295 e. The predicted molar refractivity (Wildman–Crippen MR) is 65.5 cm³/mol. The molecule has 0 radical (unpaired) electrons. The largest absolute Gasteiger partial charge is 0.295 e. The van der Waals surface area contributed by atoms with Crippen LogP contribution < -0.4 is 0 Å². The molecule has 0 unspecified atom stereocenters. The number of fused-ring (bicyclic) bond motifs is 1. The summed E-state index contributed by atoms with van der Waals surface area (Å²) in [5.74, 6) is 0. The van der Waals surface area contributed by atoms with Crippen molar-refractivity contribution in [2.45, 2.75) is 44.4 Å². The lowest BCUT2D eigenvalue weighted by atomic mass is 10.3. The van der Waals surface area contributed by atoms with E-state index in [2.05, 4.69) is 23.8 Å². The smallest absolute Gasteiger partial charge is 0.194 e. The molecule has 0 fully saturated rings. The van der Waals surface area contributed by atoms with Gasteiger partial charge in [0.05, 0.1) is 5.69 Å². The lowest BCUT2D eigenvalue weighted by Crippen LogP contribution is -2.30. The van der Waals surface area contributed by atoms with Crippen molar-refractivity contribution in [1.29, 1.82) is 0 Å². The molecule has 5 nitrogen and oxygen atoms in total. The summed E-state index contributed by atoms with van der Waals surface area (Å²) in [6.45, 7) is 6.93. The number of hydrogen-bond donors (Lipinski definition) is 0. The van der Waals surface area contributed by atoms with Crippen molar-refractivity contribution in [2.75, 3.05) is 12.8 Å². The first-order chi connectivity index (χ1) is 7.88. The van der Waals surface area contributed by atoms with E-state index in [0.717, 1.165) is 31.7 Å². The van der Waals surface area contributed by atoms with Crippen LogP contribution in [0.1, 0.15) is 26.0 Å². The van der Waals surface area contributed by atoms with Gasteiger partial charge in [0, 0.05) is 31.9 Å². The van der Waals surface area contributed by atoms with Crippen molar-refractivity contribution in [3.63, 3.8) is 0 Å². The maximum Gasteiger partial charge on any atom is 0.194 e. The molecule has 1 aliphatic rings. The first-order valence-electron chi connectivity index (χ1n) is 5.89. The van der Waals surface area contributed by atoms with Gasteiger partial charge >= 0.3 is 0 Å². The monoisotopic (exact) mass is 257 g/mol. The van der Waals surface area contributed by atoms with Gasteiger partial charge in [0.25, 0.3) is 0 Å². The van der Waals surface area contributed by atoms with Crippen LogP contribution in [-0.4, -0.2) is 41.9 Å². The summed E-state index contributed by atoms with van der Waals surface area (Å²) >= 11 is 0. The topological polar surface area (TPSA) is 55.2 Å². The number of hydrogen-bond acceptors (Lipinski definition) is 4. The van der Waals surface area contributed by atoms with Crippen molar-refractivity contribution in [3.8, 4) is 0 Å². The maximum atomic E-state index is 11.5. The number of aryl methyl sites for hydroxylation is 1. The van der Waals surface area contributed by atoms with Crippen LogP contribution in [0.25, 0.3) is 0 Å². The SMILES string of the molecule is CC(C)N1CCCn2nc(S(C)(=O)=O)cc2C1. The Morgan fingerprint density at radius 3 is 2.65 bits per heavy atom. The molecular weight excluding hydrogens is 238 g/mol. The van der Waals surface area contributed by atoms with Gasteiger partial charge < -0.3 is 0 Å². The zero-order valence-electron chi connectivity index (χ0n) is 10.5. The van der Waals surface area contributed by atoms with Gasteiger partial charge in [-0.15, -0.1) is 0 Å². The molecule has 1 aromatic heterocycles. The first-order valence-corrected chi connectivity index (χ1v) is 7.78. The normalized spacial score (nSPS) is 18.1. The molecule has 0 atom stereocenters. The summed E-state index contributed by atoms with van der Waals surface area (Å²) in [5.41, 5.74) is 0.997. The molecule has 17 heavy (non-hydrogen) atoms. The van der Waals surface area contributed by atoms with Crippen LogP contribution in [0.15, 0.2) is 11.1 Å². The highest BCUT2D eigenvalue weighted by atomic mass is 32.2. The van der Waals surface area contributed by atoms with Crippen molar-refractivity contribution >= 4 is 9.84 Å². The molecule has 0 bridgehead atoms. The molecule has 2 rings (SSSR count). The molecule has 0 N–H and O–H groups in total. The van der Waals surface area contributed by atoms with Crippen molar-refractivity contribution < 1.29 is 8.42 Å². The zero-order chi connectivity index (χ0) is 12.6. The fraction of sp³-hybridized carbons (Fsp3) is 0.727. The minimum atomic E-state index is -3.20. The second-order valence-corrected chi connectivity index (χ2v) is 6.85. The Kier molecular flexibility index (Phi) is 3.27. The van der Waals surface area contributed by atoms with E-state index >= 15 is 0 Å². The van der Waals surface area contributed by atoms with Crippen LogP contribution in [0.2, 0.25) is 0 Å². The van der Waals surface area contributed by atoms with Crippen LogP contribution in [-0.2, 0) is 22.9 Å². The zero-order valence-corrected chi connectivity index (χ0v) is 11.4. The van der Waals surface area contributed by atoms with Gasteiger partial charge in [-0.25, -0.2) is 8.42 Å². The maximum absolute atomic E-state index is 11.5. The number of sulfone groups is 1. The third-order valence-corrected chi connectivity index (χ3v) is 4.09. The van der Waals surface area contributed by atoms with E-state index in [4.69, 9.17) is 0 Å². The molecule has 0 aromatic carbocycles. The van der Waals surface area contributed by atoms with Crippen molar-refractivity contribution in [2.24, 2.45) is 0 Å². The van der Waals surface area contributed by atoms with Crippen molar-refractivity contribution in [1.82, 2.24) is 14.7 Å². The second-order valence-electron chi connectivity index (χ2n) is 4.89. The first kappa shape index (κ1) is 12.6. The Bertz CT molecular complexity index is 505. The summed E-state index contributed by atoms with van der Waals surface area (Å²) in [7, 11) is -3.20. The quantitative estimate of drug-likeness (QED) is 0.790. The second kappa shape index (κ2) is 4.42. The molecule has 0 saturated heterocycles. The van der Waals surface area contributed by atoms with E-state index in [1.54, 1.807) is 6.07 Å². The Morgan fingerprint density at radius 2 is 2.06 bits per heavy atom. The van der Waals surface area contributed by atoms with Gasteiger partial charge in [-0.05, 0) is 26.3 Å². The Hall–Kier alpha value is -0.880. The van der Waals surface area contributed by atoms with Crippen molar-refractivity contribution in [3.05, 3.63) is 11.8 Å². The van der Waals surface area contributed by atoms with E-state index in [9.17, 15) is 8.42 Å². The number of aromatic nitrogens is 2. The van der Waals surface area contributed by atoms with E-state index in [0.29, 0.717) is 6.04 Å². The van der Waals surface area contributed by atoms with Gasteiger partial charge in [-0.3, -0.25) is 9.58 Å². The van der Waals surface area contributed by atoms with Crippen LogP contribution in [0.4, 0.5) is 0 Å². The predicted octanol–water partition coefficient (Wildman–Crippen LogP) is 0.901. The highest BCUT2D eigenvalue weighted by Crippen LogP contribution is 2.17. The molecule has 0 aliphatic carbocycles. The van der Waals surface area contributed by atoms with Gasteiger partial charge in [0.1, 0.15) is 0 Å². The fourth-order valence-electron chi connectivity index (χ4n) is 2.08. The fourth-order valence-corrected chi connectivity index (χ4v) is 2.68. The molecule has 6 heteroatoms. The third-order valence-electron chi connectivity index (χ3n) is 3.13. The molecule has 1 aliphatic heterocycles. The molecule has 2 heterocycles. The standard InChI is InChI=1S/C11H19N3O2S/c1-9(2)13-5-4-6-14-10(8-13)7-11(12-14)17(3,15)16/h7,9H,4-6,8H2,1-3H3. The van der Waals surface area contributed by atoms with Crippen LogP contribution in [0.3, 0.4) is 0 Å². The molecule has 0 saturated carbocycles. The van der Waals surface area contributed by atoms with Gasteiger partial charge in [0.15, 0.2) is 14.9 Å². The van der Waals surface area contributed by atoms with Gasteiger partial charge in [0.2, 0.25) is 0 Å². The molecule has 1 aromatic rings. The average Bonchev–Trinajstić information content (AvgIpc) is 2.50. The summed E-state index contributed by atoms with van der Waals surface area (Å²) in [4.78, 5) is 2.34. The Balaban J connectivity index is 2.33. The van der Waals surface area contributed by atoms with Crippen LogP contribution in [0, 0.1) is 0 Å².